The van der Waals surface area contributed by atoms with Gasteiger partial charge < -0.3 is 10.4 Å². The highest BCUT2D eigenvalue weighted by Crippen LogP contribution is 2.32. The van der Waals surface area contributed by atoms with Crippen LogP contribution < -0.4 is 5.32 Å². The standard InChI is InChI=1S/C14H18F2N2O3/c15-11-5-12(16)14(18(20)21)13(6-11)17-7-9-3-1-2-4-10(9)8-19/h5-6,9-10,17,19H,1-4,7-8H2. The molecule has 1 fully saturated rings. The van der Waals surface area contributed by atoms with Crippen LogP contribution in [0.3, 0.4) is 0 Å². The summed E-state index contributed by atoms with van der Waals surface area (Å²) in [6, 6.07) is 1.43. The largest absolute Gasteiger partial charge is 0.396 e. The highest BCUT2D eigenvalue weighted by atomic mass is 19.1. The molecule has 2 N–H and O–H groups in total. The van der Waals surface area contributed by atoms with Gasteiger partial charge in [0.15, 0.2) is 0 Å². The molecule has 1 aromatic carbocycles. The van der Waals surface area contributed by atoms with E-state index in [1.165, 1.54) is 0 Å². The van der Waals surface area contributed by atoms with Crippen LogP contribution >= 0.6 is 0 Å². The third-order valence-corrected chi connectivity index (χ3v) is 4.07. The number of hydrogen-bond acceptors (Lipinski definition) is 4. The maximum atomic E-state index is 13.5. The van der Waals surface area contributed by atoms with Gasteiger partial charge in [-0.3, -0.25) is 10.1 Å². The second-order valence-electron chi connectivity index (χ2n) is 5.41. The fourth-order valence-electron chi connectivity index (χ4n) is 2.92. The minimum atomic E-state index is -1.19. The van der Waals surface area contributed by atoms with E-state index in [0.29, 0.717) is 12.6 Å². The van der Waals surface area contributed by atoms with Crippen molar-refractivity contribution in [2.45, 2.75) is 25.7 Å². The number of benzene rings is 1. The van der Waals surface area contributed by atoms with Gasteiger partial charge in [0.1, 0.15) is 11.5 Å². The molecule has 1 aliphatic rings. The Kier molecular flexibility index (Phi) is 5.06. The number of rotatable bonds is 5. The third-order valence-electron chi connectivity index (χ3n) is 4.07. The van der Waals surface area contributed by atoms with Crippen LogP contribution in [0.4, 0.5) is 20.2 Å². The molecular formula is C14H18F2N2O3. The van der Waals surface area contributed by atoms with Crippen LogP contribution in [-0.4, -0.2) is 23.2 Å². The summed E-state index contributed by atoms with van der Waals surface area (Å²) < 4.78 is 26.7. The van der Waals surface area contributed by atoms with E-state index in [1.54, 1.807) is 0 Å². The lowest BCUT2D eigenvalue weighted by atomic mass is 9.79. The zero-order chi connectivity index (χ0) is 15.4. The molecule has 0 heterocycles. The first-order chi connectivity index (χ1) is 10.0. The molecule has 2 atom stereocenters. The van der Waals surface area contributed by atoms with Crippen molar-refractivity contribution in [2.24, 2.45) is 11.8 Å². The highest BCUT2D eigenvalue weighted by Gasteiger charge is 2.26. The monoisotopic (exact) mass is 300 g/mol. The summed E-state index contributed by atoms with van der Waals surface area (Å²) >= 11 is 0. The summed E-state index contributed by atoms with van der Waals surface area (Å²) in [6.45, 7) is 0.418. The number of nitro benzene ring substituents is 1. The minimum Gasteiger partial charge on any atom is -0.396 e. The molecule has 2 unspecified atom stereocenters. The zero-order valence-electron chi connectivity index (χ0n) is 11.5. The summed E-state index contributed by atoms with van der Waals surface area (Å²) in [5.74, 6) is -1.77. The smallest absolute Gasteiger partial charge is 0.327 e. The molecule has 0 spiro atoms. The lowest BCUT2D eigenvalue weighted by Gasteiger charge is -2.30. The van der Waals surface area contributed by atoms with Crippen molar-refractivity contribution >= 4 is 11.4 Å². The van der Waals surface area contributed by atoms with Crippen molar-refractivity contribution in [1.82, 2.24) is 0 Å². The number of nitrogens with zero attached hydrogens (tertiary/aromatic N) is 1. The highest BCUT2D eigenvalue weighted by molar-refractivity contribution is 5.62. The molecule has 0 bridgehead atoms. The van der Waals surface area contributed by atoms with Crippen molar-refractivity contribution in [3.05, 3.63) is 33.9 Å². The van der Waals surface area contributed by atoms with Gasteiger partial charge in [0.05, 0.1) is 4.92 Å². The van der Waals surface area contributed by atoms with E-state index in [4.69, 9.17) is 0 Å². The van der Waals surface area contributed by atoms with Crippen LogP contribution in [0.1, 0.15) is 25.7 Å². The van der Waals surface area contributed by atoms with Crippen LogP contribution in [-0.2, 0) is 0 Å². The average molecular weight is 300 g/mol. The second kappa shape index (κ2) is 6.80. The van der Waals surface area contributed by atoms with Crippen molar-refractivity contribution in [2.75, 3.05) is 18.5 Å². The summed E-state index contributed by atoms with van der Waals surface area (Å²) in [5, 5.41) is 23.0. The Labute approximate surface area is 121 Å². The molecule has 1 aromatic rings. The molecular weight excluding hydrogens is 282 g/mol. The van der Waals surface area contributed by atoms with Crippen LogP contribution in [0.2, 0.25) is 0 Å². The van der Waals surface area contributed by atoms with Gasteiger partial charge >= 0.3 is 5.69 Å². The molecule has 2 rings (SSSR count). The summed E-state index contributed by atoms with van der Waals surface area (Å²) in [6.07, 6.45) is 3.88. The van der Waals surface area contributed by atoms with E-state index in [9.17, 15) is 24.0 Å². The quantitative estimate of drug-likeness (QED) is 0.647. The fourth-order valence-corrected chi connectivity index (χ4v) is 2.92. The Balaban J connectivity index is 2.13. The Morgan fingerprint density at radius 2 is 1.95 bits per heavy atom. The molecule has 0 amide bonds. The summed E-state index contributed by atoms with van der Waals surface area (Å²) in [4.78, 5) is 10.0. The van der Waals surface area contributed by atoms with Crippen LogP contribution in [0, 0.1) is 33.6 Å². The van der Waals surface area contributed by atoms with Gasteiger partial charge in [-0.15, -0.1) is 0 Å². The molecule has 7 heteroatoms. The first-order valence-electron chi connectivity index (χ1n) is 7.01. The van der Waals surface area contributed by atoms with E-state index < -0.39 is 22.2 Å². The van der Waals surface area contributed by atoms with E-state index in [1.807, 2.05) is 0 Å². The van der Waals surface area contributed by atoms with E-state index in [-0.39, 0.29) is 24.1 Å². The van der Waals surface area contributed by atoms with E-state index in [2.05, 4.69) is 5.32 Å². The van der Waals surface area contributed by atoms with Gasteiger partial charge in [0.2, 0.25) is 5.82 Å². The average Bonchev–Trinajstić information content (AvgIpc) is 2.44. The lowest BCUT2D eigenvalue weighted by molar-refractivity contribution is -0.386. The number of nitrogens with one attached hydrogen (secondary N) is 1. The number of hydrogen-bond donors (Lipinski definition) is 2. The molecule has 0 aromatic heterocycles. The first kappa shape index (κ1) is 15.6. The van der Waals surface area contributed by atoms with Gasteiger partial charge in [-0.1, -0.05) is 12.8 Å². The first-order valence-corrected chi connectivity index (χ1v) is 7.01. The molecule has 0 aliphatic heterocycles. The number of aliphatic hydroxyl groups is 1. The maximum Gasteiger partial charge on any atom is 0.327 e. The molecule has 0 radical (unpaired) electrons. The van der Waals surface area contributed by atoms with Crippen molar-refractivity contribution < 1.29 is 18.8 Å². The number of anilines is 1. The predicted octanol–water partition coefficient (Wildman–Crippen LogP) is 3.08. The molecule has 0 saturated heterocycles. The molecule has 1 saturated carbocycles. The molecule has 21 heavy (non-hydrogen) atoms. The Morgan fingerprint density at radius 1 is 1.29 bits per heavy atom. The molecule has 116 valence electrons. The Bertz CT molecular complexity index is 525. The van der Waals surface area contributed by atoms with E-state index in [0.717, 1.165) is 31.7 Å². The molecule has 5 nitrogen and oxygen atoms in total. The number of nitro groups is 1. The van der Waals surface area contributed by atoms with Gasteiger partial charge in [0.25, 0.3) is 0 Å². The SMILES string of the molecule is O=[N+]([O-])c1c(F)cc(F)cc1NCC1CCCCC1CO. The van der Waals surface area contributed by atoms with Crippen molar-refractivity contribution in [1.29, 1.82) is 0 Å². The van der Waals surface area contributed by atoms with Crippen LogP contribution in [0.15, 0.2) is 12.1 Å². The summed E-state index contributed by atoms with van der Waals surface area (Å²) in [7, 11) is 0. The third kappa shape index (κ3) is 3.66. The number of aliphatic hydroxyl groups excluding tert-OH is 1. The van der Waals surface area contributed by atoms with Gasteiger partial charge in [-0.2, -0.15) is 4.39 Å². The van der Waals surface area contributed by atoms with Crippen molar-refractivity contribution in [3.63, 3.8) is 0 Å². The minimum absolute atomic E-state index is 0.0615. The summed E-state index contributed by atoms with van der Waals surface area (Å²) in [5.41, 5.74) is -0.896. The van der Waals surface area contributed by atoms with Gasteiger partial charge in [-0.05, 0) is 24.7 Å². The number of halogens is 2. The Hall–Kier alpha value is -1.76. The second-order valence-corrected chi connectivity index (χ2v) is 5.41. The topological polar surface area (TPSA) is 75.4 Å². The van der Waals surface area contributed by atoms with Crippen molar-refractivity contribution in [3.8, 4) is 0 Å². The van der Waals surface area contributed by atoms with Crippen LogP contribution in [0.25, 0.3) is 0 Å². The maximum absolute atomic E-state index is 13.5. The predicted molar refractivity (Wildman–Crippen MR) is 74.0 cm³/mol. The Morgan fingerprint density at radius 3 is 2.57 bits per heavy atom. The fraction of sp³-hybridized carbons (Fsp3) is 0.571. The van der Waals surface area contributed by atoms with Gasteiger partial charge in [-0.25, -0.2) is 4.39 Å². The van der Waals surface area contributed by atoms with E-state index >= 15 is 0 Å². The molecule has 1 aliphatic carbocycles. The van der Waals surface area contributed by atoms with Crippen LogP contribution in [0.5, 0.6) is 0 Å². The zero-order valence-corrected chi connectivity index (χ0v) is 11.5. The lowest BCUT2D eigenvalue weighted by Crippen LogP contribution is -2.28. The normalized spacial score (nSPS) is 22.0. The van der Waals surface area contributed by atoms with Gasteiger partial charge in [0, 0.05) is 25.3 Å².